The Kier molecular flexibility index (Phi) is 8.42. The highest BCUT2D eigenvalue weighted by atomic mass is 16.4. The third-order valence-electron chi connectivity index (χ3n) is 3.64. The van der Waals surface area contributed by atoms with Crippen LogP contribution in [-0.2, 0) is 20.8 Å². The van der Waals surface area contributed by atoms with Crippen molar-refractivity contribution in [3.63, 3.8) is 0 Å². The van der Waals surface area contributed by atoms with Gasteiger partial charge in [-0.1, -0.05) is 12.1 Å². The Balaban J connectivity index is 2.45. The molecule has 8 nitrogen and oxygen atoms in total. The molecule has 0 spiro atoms. The predicted octanol–water partition coefficient (Wildman–Crippen LogP) is 0.138. The number of unbranched alkanes of at least 4 members (excludes halogenated alkanes) is 1. The molecular weight excluding hydrogens is 326 g/mol. The van der Waals surface area contributed by atoms with Crippen LogP contribution in [0.2, 0.25) is 0 Å². The Morgan fingerprint density at radius 2 is 1.80 bits per heavy atom. The van der Waals surface area contributed by atoms with Crippen LogP contribution in [0.4, 0.5) is 0 Å². The summed E-state index contributed by atoms with van der Waals surface area (Å²) in [4.78, 5) is 34.1. The van der Waals surface area contributed by atoms with Crippen LogP contribution < -0.4 is 16.4 Å². The molecule has 0 saturated carbocycles. The van der Waals surface area contributed by atoms with Crippen molar-refractivity contribution in [2.75, 3.05) is 6.54 Å². The molecule has 1 aromatic rings. The molecule has 138 valence electrons. The number of carboxylic acids is 1. The van der Waals surface area contributed by atoms with Gasteiger partial charge in [0.25, 0.3) is 0 Å². The standard InChI is InChI=1S/C17H25N3O5/c1-11(21)19-9-3-2-4-14(18)16(23)20-15(17(24)25)10-12-5-7-13(22)8-6-12/h5-8,14-15,22H,2-4,9-10,18H2,1H3,(H,19,21)(H,20,23)(H,24,25)/t14-,15-/m0/s1. The van der Waals surface area contributed by atoms with Gasteiger partial charge >= 0.3 is 5.97 Å². The molecule has 0 fully saturated rings. The van der Waals surface area contributed by atoms with Crippen molar-refractivity contribution in [3.05, 3.63) is 29.8 Å². The summed E-state index contributed by atoms with van der Waals surface area (Å²) in [5.74, 6) is -1.70. The summed E-state index contributed by atoms with van der Waals surface area (Å²) in [5.41, 5.74) is 6.47. The molecule has 0 saturated heterocycles. The Morgan fingerprint density at radius 1 is 1.16 bits per heavy atom. The number of rotatable bonds is 10. The van der Waals surface area contributed by atoms with Gasteiger partial charge in [0.2, 0.25) is 11.8 Å². The monoisotopic (exact) mass is 351 g/mol. The van der Waals surface area contributed by atoms with Crippen LogP contribution in [0.15, 0.2) is 24.3 Å². The van der Waals surface area contributed by atoms with E-state index in [1.165, 1.54) is 19.1 Å². The van der Waals surface area contributed by atoms with E-state index in [4.69, 9.17) is 5.73 Å². The average molecular weight is 351 g/mol. The molecule has 2 amide bonds. The minimum Gasteiger partial charge on any atom is -0.508 e. The van der Waals surface area contributed by atoms with Gasteiger partial charge in [-0.3, -0.25) is 9.59 Å². The number of nitrogens with one attached hydrogen (secondary N) is 2. The molecule has 1 rings (SSSR count). The fourth-order valence-electron chi connectivity index (χ4n) is 2.23. The number of hydrogen-bond donors (Lipinski definition) is 5. The van der Waals surface area contributed by atoms with Gasteiger partial charge in [0.05, 0.1) is 6.04 Å². The Morgan fingerprint density at radius 3 is 2.36 bits per heavy atom. The quantitative estimate of drug-likeness (QED) is 0.380. The van der Waals surface area contributed by atoms with Crippen molar-refractivity contribution in [1.29, 1.82) is 0 Å². The van der Waals surface area contributed by atoms with Gasteiger partial charge in [0, 0.05) is 19.9 Å². The first kappa shape index (κ1) is 20.4. The van der Waals surface area contributed by atoms with Crippen LogP contribution in [0.1, 0.15) is 31.7 Å². The van der Waals surface area contributed by atoms with Gasteiger partial charge in [-0.15, -0.1) is 0 Å². The summed E-state index contributed by atoms with van der Waals surface area (Å²) in [6.45, 7) is 1.95. The summed E-state index contributed by atoms with van der Waals surface area (Å²) >= 11 is 0. The third kappa shape index (κ3) is 8.16. The van der Waals surface area contributed by atoms with E-state index in [2.05, 4.69) is 10.6 Å². The summed E-state index contributed by atoms with van der Waals surface area (Å²) in [6.07, 6.45) is 1.83. The van der Waals surface area contributed by atoms with Gasteiger partial charge in [-0.05, 0) is 37.0 Å². The lowest BCUT2D eigenvalue weighted by Gasteiger charge is -2.18. The van der Waals surface area contributed by atoms with Crippen LogP contribution in [0.3, 0.4) is 0 Å². The van der Waals surface area contributed by atoms with Gasteiger partial charge in [-0.2, -0.15) is 0 Å². The van der Waals surface area contributed by atoms with Crippen molar-refractivity contribution in [1.82, 2.24) is 10.6 Å². The van der Waals surface area contributed by atoms with E-state index < -0.39 is 24.0 Å². The van der Waals surface area contributed by atoms with Crippen molar-refractivity contribution in [2.24, 2.45) is 5.73 Å². The summed E-state index contributed by atoms with van der Waals surface area (Å²) < 4.78 is 0. The van der Waals surface area contributed by atoms with Crippen LogP contribution in [0.5, 0.6) is 5.75 Å². The molecule has 0 aliphatic rings. The van der Waals surface area contributed by atoms with E-state index in [-0.39, 0.29) is 18.1 Å². The zero-order valence-electron chi connectivity index (χ0n) is 14.2. The Labute approximate surface area is 146 Å². The fourth-order valence-corrected chi connectivity index (χ4v) is 2.23. The number of amides is 2. The minimum absolute atomic E-state index is 0.0842. The molecule has 0 radical (unpaired) electrons. The van der Waals surface area contributed by atoms with Crippen LogP contribution in [0.25, 0.3) is 0 Å². The number of nitrogens with two attached hydrogens (primary N) is 1. The van der Waals surface area contributed by atoms with Gasteiger partial charge in [-0.25, -0.2) is 4.79 Å². The zero-order valence-corrected chi connectivity index (χ0v) is 14.2. The second-order valence-electron chi connectivity index (χ2n) is 5.86. The van der Waals surface area contributed by atoms with Gasteiger partial charge in [0.15, 0.2) is 0 Å². The number of aromatic hydroxyl groups is 1. The second-order valence-corrected chi connectivity index (χ2v) is 5.86. The average Bonchev–Trinajstić information content (AvgIpc) is 2.55. The van der Waals surface area contributed by atoms with Crippen LogP contribution >= 0.6 is 0 Å². The SMILES string of the molecule is CC(=O)NCCCC[C@H](N)C(=O)N[C@@H](Cc1ccc(O)cc1)C(=O)O. The Bertz CT molecular complexity index is 588. The first-order valence-corrected chi connectivity index (χ1v) is 8.10. The molecular formula is C17H25N3O5. The molecule has 1 aromatic carbocycles. The highest BCUT2D eigenvalue weighted by Crippen LogP contribution is 2.11. The van der Waals surface area contributed by atoms with Crippen molar-refractivity contribution >= 4 is 17.8 Å². The number of aliphatic carboxylic acids is 1. The summed E-state index contributed by atoms with van der Waals surface area (Å²) in [5, 5.41) is 23.6. The molecule has 0 aliphatic carbocycles. The number of carboxylic acid groups (broad SMARTS) is 1. The number of carbonyl (C=O) groups excluding carboxylic acids is 2. The molecule has 25 heavy (non-hydrogen) atoms. The molecule has 0 aliphatic heterocycles. The first-order chi connectivity index (χ1) is 11.8. The molecule has 0 aromatic heterocycles. The predicted molar refractivity (Wildman–Crippen MR) is 91.9 cm³/mol. The highest BCUT2D eigenvalue weighted by Gasteiger charge is 2.23. The maximum atomic E-state index is 12.1. The van der Waals surface area contributed by atoms with Crippen molar-refractivity contribution < 1.29 is 24.6 Å². The maximum Gasteiger partial charge on any atom is 0.326 e. The number of phenols is 1. The van der Waals surface area contributed by atoms with Crippen molar-refractivity contribution in [2.45, 2.75) is 44.7 Å². The lowest BCUT2D eigenvalue weighted by Crippen LogP contribution is -2.49. The molecule has 2 atom stereocenters. The normalized spacial score (nSPS) is 12.9. The molecule has 0 heterocycles. The molecule has 8 heteroatoms. The van der Waals surface area contributed by atoms with E-state index >= 15 is 0 Å². The summed E-state index contributed by atoms with van der Waals surface area (Å²) in [6, 6.07) is 4.20. The largest absolute Gasteiger partial charge is 0.508 e. The summed E-state index contributed by atoms with van der Waals surface area (Å²) in [7, 11) is 0. The van der Waals surface area contributed by atoms with Gasteiger partial charge < -0.3 is 26.6 Å². The third-order valence-corrected chi connectivity index (χ3v) is 3.64. The number of carbonyl (C=O) groups is 3. The zero-order chi connectivity index (χ0) is 18.8. The van der Waals surface area contributed by atoms with Crippen LogP contribution in [-0.4, -0.2) is 46.6 Å². The smallest absolute Gasteiger partial charge is 0.326 e. The van der Waals surface area contributed by atoms with E-state index in [0.717, 1.165) is 0 Å². The van der Waals surface area contributed by atoms with Crippen molar-refractivity contribution in [3.8, 4) is 5.75 Å². The Hall–Kier alpha value is -2.61. The number of hydrogen-bond acceptors (Lipinski definition) is 5. The van der Waals surface area contributed by atoms with E-state index in [9.17, 15) is 24.6 Å². The molecule has 0 unspecified atom stereocenters. The van der Waals surface area contributed by atoms with E-state index in [0.29, 0.717) is 31.4 Å². The van der Waals surface area contributed by atoms with E-state index in [1.807, 2.05) is 0 Å². The highest BCUT2D eigenvalue weighted by molar-refractivity contribution is 5.86. The lowest BCUT2D eigenvalue weighted by molar-refractivity contribution is -0.142. The first-order valence-electron chi connectivity index (χ1n) is 8.10. The second kappa shape index (κ2) is 10.3. The number of phenolic OH excluding ortho intramolecular Hbond substituents is 1. The lowest BCUT2D eigenvalue weighted by atomic mass is 10.0. The number of benzene rings is 1. The molecule has 6 N–H and O–H groups in total. The van der Waals surface area contributed by atoms with Crippen LogP contribution in [0, 0.1) is 0 Å². The van der Waals surface area contributed by atoms with E-state index in [1.54, 1.807) is 12.1 Å². The topological polar surface area (TPSA) is 142 Å². The minimum atomic E-state index is -1.15. The van der Waals surface area contributed by atoms with Gasteiger partial charge in [0.1, 0.15) is 11.8 Å². The molecule has 0 bridgehead atoms. The fraction of sp³-hybridized carbons (Fsp3) is 0.471. The maximum absolute atomic E-state index is 12.1.